The van der Waals surface area contributed by atoms with Gasteiger partial charge in [0.05, 0.1) is 0 Å². The van der Waals surface area contributed by atoms with Gasteiger partial charge in [0.25, 0.3) is 0 Å². The average Bonchev–Trinajstić information content (AvgIpc) is 3.16. The van der Waals surface area contributed by atoms with E-state index < -0.39 is 23.5 Å². The van der Waals surface area contributed by atoms with E-state index in [1.54, 1.807) is 18.2 Å². The molecule has 1 N–H and O–H groups in total. The lowest BCUT2D eigenvalue weighted by molar-refractivity contribution is -0.199. The van der Waals surface area contributed by atoms with Gasteiger partial charge in [0, 0.05) is 12.3 Å². The molecule has 4 aliphatic rings. The van der Waals surface area contributed by atoms with Gasteiger partial charge in [-0.1, -0.05) is 49.8 Å². The summed E-state index contributed by atoms with van der Waals surface area (Å²) in [5.74, 6) is 0.631. The van der Waals surface area contributed by atoms with E-state index >= 15 is 0 Å². The van der Waals surface area contributed by atoms with Crippen LogP contribution in [0.25, 0.3) is 0 Å². The number of ketones is 1. The van der Waals surface area contributed by atoms with Crippen molar-refractivity contribution in [1.29, 1.82) is 0 Å². The van der Waals surface area contributed by atoms with E-state index in [0.29, 0.717) is 30.6 Å². The molecule has 5 rings (SSSR count). The minimum absolute atomic E-state index is 0.0423. The third kappa shape index (κ3) is 3.69. The smallest absolute Gasteiger partial charge is 0.338 e. The Hall–Kier alpha value is -2.11. The second-order valence-corrected chi connectivity index (χ2v) is 12.1. The predicted molar refractivity (Wildman–Crippen MR) is 128 cm³/mol. The summed E-state index contributed by atoms with van der Waals surface area (Å²) in [5.41, 5.74) is -1.33. The van der Waals surface area contributed by atoms with E-state index in [4.69, 9.17) is 0 Å². The SMILES string of the molecule is CC(NC(=O)[C@@H]1CC[C@@H]2[C@H]3CCC4=CC(=O)CC[C@]4(C)[C@@H]3CC[C@]21C)(c1ccccc1)C(F)(F)F. The van der Waals surface area contributed by atoms with Crippen LogP contribution in [0.2, 0.25) is 0 Å². The highest BCUT2D eigenvalue weighted by Crippen LogP contribution is 2.66. The number of carbonyl (C=O) groups is 2. The summed E-state index contributed by atoms with van der Waals surface area (Å²) in [6.45, 7) is 5.54. The Morgan fingerprint density at radius 3 is 2.37 bits per heavy atom. The molecule has 0 bridgehead atoms. The Labute approximate surface area is 205 Å². The van der Waals surface area contributed by atoms with Crippen LogP contribution in [-0.4, -0.2) is 17.9 Å². The van der Waals surface area contributed by atoms with Crippen molar-refractivity contribution < 1.29 is 22.8 Å². The lowest BCUT2D eigenvalue weighted by Crippen LogP contribution is -2.57. The molecule has 1 aromatic carbocycles. The Kier molecular flexibility index (Phi) is 5.76. The Morgan fingerprint density at radius 1 is 0.971 bits per heavy atom. The maximum absolute atomic E-state index is 14.3. The minimum Gasteiger partial charge on any atom is -0.338 e. The Bertz CT molecular complexity index is 1050. The molecule has 4 aliphatic carbocycles. The van der Waals surface area contributed by atoms with Crippen molar-refractivity contribution in [3.05, 3.63) is 47.5 Å². The molecule has 190 valence electrons. The molecule has 35 heavy (non-hydrogen) atoms. The zero-order valence-corrected chi connectivity index (χ0v) is 20.9. The van der Waals surface area contributed by atoms with Crippen molar-refractivity contribution in [3.63, 3.8) is 0 Å². The molecule has 0 saturated heterocycles. The van der Waals surface area contributed by atoms with E-state index in [-0.39, 0.29) is 22.2 Å². The topological polar surface area (TPSA) is 46.2 Å². The van der Waals surface area contributed by atoms with Crippen molar-refractivity contribution in [1.82, 2.24) is 5.32 Å². The highest BCUT2D eigenvalue weighted by atomic mass is 19.4. The fourth-order valence-corrected chi connectivity index (χ4v) is 8.40. The molecule has 0 aliphatic heterocycles. The summed E-state index contributed by atoms with van der Waals surface area (Å²) in [6, 6.07) is 7.69. The molecular weight excluding hydrogens is 451 g/mol. The van der Waals surface area contributed by atoms with Gasteiger partial charge in [-0.25, -0.2) is 0 Å². The van der Waals surface area contributed by atoms with Crippen LogP contribution in [0.15, 0.2) is 42.0 Å². The van der Waals surface area contributed by atoms with Crippen molar-refractivity contribution in [2.75, 3.05) is 0 Å². The van der Waals surface area contributed by atoms with Crippen LogP contribution in [0, 0.1) is 34.5 Å². The molecule has 0 radical (unpaired) electrons. The van der Waals surface area contributed by atoms with Crippen LogP contribution in [0.4, 0.5) is 13.2 Å². The second kappa shape index (κ2) is 8.21. The predicted octanol–water partition coefficient (Wildman–Crippen LogP) is 6.73. The van der Waals surface area contributed by atoms with E-state index in [1.807, 2.05) is 6.08 Å². The van der Waals surface area contributed by atoms with Crippen molar-refractivity contribution in [3.8, 4) is 0 Å². The monoisotopic (exact) mass is 487 g/mol. The third-order valence-electron chi connectivity index (χ3n) is 10.6. The number of hydrogen-bond acceptors (Lipinski definition) is 2. The summed E-state index contributed by atoms with van der Waals surface area (Å²) in [7, 11) is 0. The summed E-state index contributed by atoms with van der Waals surface area (Å²) in [4.78, 5) is 25.6. The molecule has 1 aromatic rings. The summed E-state index contributed by atoms with van der Waals surface area (Å²) < 4.78 is 42.8. The molecule has 1 unspecified atom stereocenters. The number of nitrogens with one attached hydrogen (secondary N) is 1. The third-order valence-corrected chi connectivity index (χ3v) is 10.6. The van der Waals surface area contributed by atoms with Gasteiger partial charge in [0.2, 0.25) is 5.91 Å². The van der Waals surface area contributed by atoms with Crippen molar-refractivity contribution in [2.45, 2.75) is 83.9 Å². The number of amides is 1. The lowest BCUT2D eigenvalue weighted by atomic mass is 9.47. The molecule has 7 atom stereocenters. The van der Waals surface area contributed by atoms with Gasteiger partial charge in [-0.15, -0.1) is 0 Å². The van der Waals surface area contributed by atoms with Gasteiger partial charge in [-0.2, -0.15) is 13.2 Å². The fraction of sp³-hybridized carbons (Fsp3) is 0.655. The Balaban J connectivity index is 1.39. The summed E-state index contributed by atoms with van der Waals surface area (Å²) >= 11 is 0. The first-order valence-corrected chi connectivity index (χ1v) is 13.1. The number of halogens is 3. The first kappa shape index (κ1) is 24.6. The van der Waals surface area contributed by atoms with Gasteiger partial charge in [-0.3, -0.25) is 9.59 Å². The van der Waals surface area contributed by atoms with Gasteiger partial charge in [-0.05, 0) is 92.1 Å². The van der Waals surface area contributed by atoms with Crippen molar-refractivity contribution >= 4 is 11.7 Å². The molecule has 3 nitrogen and oxygen atoms in total. The number of carbonyl (C=O) groups excluding carboxylic acids is 2. The van der Waals surface area contributed by atoms with E-state index in [0.717, 1.165) is 45.4 Å². The zero-order chi connectivity index (χ0) is 25.2. The number of allylic oxidation sites excluding steroid dienone is 1. The van der Waals surface area contributed by atoms with E-state index in [9.17, 15) is 22.8 Å². The normalized spacial score (nSPS) is 38.5. The number of alkyl halides is 3. The fourth-order valence-electron chi connectivity index (χ4n) is 8.40. The van der Waals surface area contributed by atoms with Gasteiger partial charge in [0.15, 0.2) is 11.3 Å². The summed E-state index contributed by atoms with van der Waals surface area (Å²) in [6.07, 6.45) is 4.05. The first-order chi connectivity index (χ1) is 16.4. The van der Waals surface area contributed by atoms with Crippen molar-refractivity contribution in [2.24, 2.45) is 34.5 Å². The van der Waals surface area contributed by atoms with Gasteiger partial charge < -0.3 is 5.32 Å². The lowest BCUT2D eigenvalue weighted by Gasteiger charge is -2.58. The second-order valence-electron chi connectivity index (χ2n) is 12.1. The standard InChI is InChI=1S/C29H36F3NO2/c1-26-15-13-20(34)17-19(26)9-10-21-22-11-12-24(27(22,2)16-14-23(21)26)25(35)33-28(3,29(30,31)32)18-7-5-4-6-8-18/h4-8,17,21-24H,9-16H2,1-3H3,(H,33,35)/t21-,22-,23-,24+,26+,27-,28?/m1/s1. The number of hydrogen-bond donors (Lipinski definition) is 1. The largest absolute Gasteiger partial charge is 0.415 e. The van der Waals surface area contributed by atoms with Gasteiger partial charge in [0.1, 0.15) is 0 Å². The minimum atomic E-state index is -4.61. The van der Waals surface area contributed by atoms with Crippen LogP contribution < -0.4 is 5.32 Å². The molecular formula is C29H36F3NO2. The number of fused-ring (bicyclic) bond motifs is 5. The molecule has 0 heterocycles. The molecule has 0 aromatic heterocycles. The molecule has 3 saturated carbocycles. The highest BCUT2D eigenvalue weighted by Gasteiger charge is 2.61. The quantitative estimate of drug-likeness (QED) is 0.514. The van der Waals surface area contributed by atoms with Crippen LogP contribution >= 0.6 is 0 Å². The number of benzene rings is 1. The molecule has 6 heteroatoms. The molecule has 0 spiro atoms. The van der Waals surface area contributed by atoms with Crippen LogP contribution in [-0.2, 0) is 15.1 Å². The molecule has 1 amide bonds. The van der Waals surface area contributed by atoms with E-state index in [2.05, 4.69) is 19.2 Å². The van der Waals surface area contributed by atoms with Gasteiger partial charge >= 0.3 is 6.18 Å². The molecule has 3 fully saturated rings. The first-order valence-electron chi connectivity index (χ1n) is 13.1. The van der Waals surface area contributed by atoms with E-state index in [1.165, 1.54) is 17.7 Å². The van der Waals surface area contributed by atoms with Crippen LogP contribution in [0.1, 0.15) is 77.7 Å². The zero-order valence-electron chi connectivity index (χ0n) is 20.9. The number of rotatable bonds is 3. The maximum Gasteiger partial charge on any atom is 0.415 e. The highest BCUT2D eigenvalue weighted by molar-refractivity contribution is 5.91. The van der Waals surface area contributed by atoms with Crippen LogP contribution in [0.5, 0.6) is 0 Å². The Morgan fingerprint density at radius 2 is 1.69 bits per heavy atom. The summed E-state index contributed by atoms with van der Waals surface area (Å²) in [5, 5.41) is 2.47. The maximum atomic E-state index is 14.3. The average molecular weight is 488 g/mol. The van der Waals surface area contributed by atoms with Crippen LogP contribution in [0.3, 0.4) is 0 Å².